The topological polar surface area (TPSA) is 183 Å². The Morgan fingerprint density at radius 1 is 0.867 bits per heavy atom. The van der Waals surface area contributed by atoms with Crippen LogP contribution in [0.1, 0.15) is 65.1 Å². The quantitative estimate of drug-likeness (QED) is 0.0433. The highest BCUT2D eigenvalue weighted by Crippen LogP contribution is 2.29. The molecule has 320 valence electrons. The van der Waals surface area contributed by atoms with Gasteiger partial charge in [-0.2, -0.15) is 0 Å². The molecule has 15 nitrogen and oxygen atoms in total. The summed E-state index contributed by atoms with van der Waals surface area (Å²) in [7, 11) is 2.29. The second kappa shape index (κ2) is 23.1. The molecule has 4 rings (SSSR count). The Balaban J connectivity index is 1.48. The van der Waals surface area contributed by atoms with Crippen molar-refractivity contribution in [2.24, 2.45) is 5.92 Å². The van der Waals surface area contributed by atoms with Crippen LogP contribution in [0.25, 0.3) is 11.3 Å². The molecule has 0 aliphatic heterocycles. The number of methoxy groups -OCH3 is 2. The normalized spacial score (nSPS) is 11.8. The van der Waals surface area contributed by atoms with Crippen molar-refractivity contribution in [1.29, 1.82) is 0 Å². The fraction of sp³-hybridized carbons (Fsp3) is 0.349. The second-order valence-electron chi connectivity index (χ2n) is 13.3. The molecule has 0 saturated heterocycles. The molecule has 3 aromatic carbocycles. The Hall–Kier alpha value is -6.62. The van der Waals surface area contributed by atoms with Crippen molar-refractivity contribution in [3.63, 3.8) is 0 Å². The van der Waals surface area contributed by atoms with Crippen LogP contribution in [0.4, 0.5) is 8.78 Å². The Morgan fingerprint density at radius 3 is 2.22 bits per heavy atom. The highest BCUT2D eigenvalue weighted by Gasteiger charge is 2.32. The molecule has 0 bridgehead atoms. The molecular formula is C43H48F2N4O11. The molecule has 4 aromatic rings. The highest BCUT2D eigenvalue weighted by molar-refractivity contribution is 5.99. The summed E-state index contributed by atoms with van der Waals surface area (Å²) in [6.07, 6.45) is 1.49. The van der Waals surface area contributed by atoms with Gasteiger partial charge in [0.05, 0.1) is 39.5 Å². The van der Waals surface area contributed by atoms with E-state index in [1.165, 1.54) is 30.3 Å². The molecule has 2 atom stereocenters. The van der Waals surface area contributed by atoms with Gasteiger partial charge in [0.2, 0.25) is 12.3 Å². The molecule has 0 fully saturated rings. The van der Waals surface area contributed by atoms with Crippen molar-refractivity contribution in [3.05, 3.63) is 113 Å². The number of aryl methyl sites for hydroxylation is 1. The van der Waals surface area contributed by atoms with E-state index < -0.39 is 66.3 Å². The highest BCUT2D eigenvalue weighted by atomic mass is 19.1. The smallest absolute Gasteiger partial charge is 0.325 e. The molecule has 4 amide bonds. The van der Waals surface area contributed by atoms with Crippen LogP contribution in [0, 0.1) is 17.6 Å². The Labute approximate surface area is 345 Å². The van der Waals surface area contributed by atoms with E-state index in [9.17, 15) is 37.5 Å². The summed E-state index contributed by atoms with van der Waals surface area (Å²) in [4.78, 5) is 83.7. The van der Waals surface area contributed by atoms with Gasteiger partial charge in [0.1, 0.15) is 42.8 Å². The number of amides is 4. The van der Waals surface area contributed by atoms with Gasteiger partial charge in [0, 0.05) is 17.2 Å². The van der Waals surface area contributed by atoms with Crippen LogP contribution in [0.5, 0.6) is 5.75 Å². The Kier molecular flexibility index (Phi) is 17.7. The maximum atomic E-state index is 14.4. The number of carbonyl (C=O) groups excluding carboxylic acids is 6. The number of halogens is 2. The monoisotopic (exact) mass is 834 g/mol. The average Bonchev–Trinajstić information content (AvgIpc) is 3.75. The number of benzene rings is 3. The van der Waals surface area contributed by atoms with Gasteiger partial charge < -0.3 is 34.2 Å². The number of carbonyl (C=O) groups is 6. The summed E-state index contributed by atoms with van der Waals surface area (Å²) in [5.74, 6) is -5.44. The average molecular weight is 835 g/mol. The molecule has 0 aliphatic rings. The Morgan fingerprint density at radius 2 is 1.58 bits per heavy atom. The van der Waals surface area contributed by atoms with Gasteiger partial charge >= 0.3 is 11.9 Å². The molecule has 0 unspecified atom stereocenters. The summed E-state index contributed by atoms with van der Waals surface area (Å²) < 4.78 is 48.8. The molecule has 60 heavy (non-hydrogen) atoms. The van der Waals surface area contributed by atoms with Gasteiger partial charge in [-0.25, -0.2) is 13.8 Å². The minimum Gasteiger partial charge on any atom is -0.494 e. The first-order valence-corrected chi connectivity index (χ1v) is 19.1. The van der Waals surface area contributed by atoms with E-state index >= 15 is 0 Å². The molecule has 17 heteroatoms. The van der Waals surface area contributed by atoms with Crippen LogP contribution in [-0.4, -0.2) is 92.7 Å². The van der Waals surface area contributed by atoms with Gasteiger partial charge in [-0.3, -0.25) is 33.6 Å². The minimum absolute atomic E-state index is 0.0372. The summed E-state index contributed by atoms with van der Waals surface area (Å²) in [5.41, 5.74) is 1.43. The molecule has 0 spiro atoms. The zero-order chi connectivity index (χ0) is 43.6. The van der Waals surface area contributed by atoms with Gasteiger partial charge in [-0.1, -0.05) is 43.3 Å². The number of furan rings is 1. The van der Waals surface area contributed by atoms with Crippen molar-refractivity contribution in [2.75, 3.05) is 40.6 Å². The second-order valence-corrected chi connectivity index (χ2v) is 13.3. The molecule has 1 aromatic heterocycles. The number of hydroxylamine groups is 2. The van der Waals surface area contributed by atoms with E-state index in [1.54, 1.807) is 19.9 Å². The third-order valence-electron chi connectivity index (χ3n) is 9.32. The van der Waals surface area contributed by atoms with Crippen LogP contribution in [0.15, 0.2) is 83.3 Å². The van der Waals surface area contributed by atoms with Crippen molar-refractivity contribution < 1.29 is 61.0 Å². The van der Waals surface area contributed by atoms with E-state index in [1.807, 2.05) is 30.3 Å². The molecule has 0 saturated carbocycles. The Bertz CT molecular complexity index is 2080. The maximum Gasteiger partial charge on any atom is 0.325 e. The summed E-state index contributed by atoms with van der Waals surface area (Å²) in [6.45, 7) is 2.41. The molecule has 2 N–H and O–H groups in total. The fourth-order valence-corrected chi connectivity index (χ4v) is 6.29. The van der Waals surface area contributed by atoms with E-state index in [-0.39, 0.29) is 61.1 Å². The van der Waals surface area contributed by atoms with Gasteiger partial charge in [0.15, 0.2) is 5.76 Å². The lowest BCUT2D eigenvalue weighted by Gasteiger charge is -2.32. The van der Waals surface area contributed by atoms with Crippen molar-refractivity contribution in [3.8, 4) is 17.1 Å². The zero-order valence-electron chi connectivity index (χ0n) is 33.7. The number of nitrogens with zero attached hydrogens (tertiary/aromatic N) is 2. The number of ether oxygens (including phenoxy) is 3. The van der Waals surface area contributed by atoms with E-state index in [0.29, 0.717) is 24.8 Å². The summed E-state index contributed by atoms with van der Waals surface area (Å²) in [5, 5.41) is 6.35. The third-order valence-corrected chi connectivity index (χ3v) is 9.32. The SMILES string of the molecule is CCOc1cc(C(=O)N(CC(=O)OC)CC(=O)OC)cc(-c2ccc(C(=O)NCNC(=O)[C@H](CCCc3ccc(F)cc3F)[C@@H](CC)N(C=O)OCc3ccccc3)o2)c1. The lowest BCUT2D eigenvalue weighted by Crippen LogP contribution is -2.48. The first-order valence-electron chi connectivity index (χ1n) is 19.1. The molecule has 0 aliphatic carbocycles. The standard InChI is InChI=1S/C43H48F2N4O11/c1-5-36(49(27-50)59-25-28-11-8-7-9-12-28)34(14-10-13-29-15-16-32(44)22-35(29)45)41(53)46-26-47-42(54)38-18-17-37(60-38)30-19-31(21-33(20-30)58-6-2)43(55)48(23-39(51)56-3)24-40(52)57-4/h7-9,11-12,15-22,27,34,36H,5-6,10,13-14,23-26H2,1-4H3,(H,46,53)(H,47,54)/t34-,36-/m1/s1. The van der Waals surface area contributed by atoms with Crippen molar-refractivity contribution >= 4 is 36.1 Å². The molecule has 0 radical (unpaired) electrons. The van der Waals surface area contributed by atoms with Gasteiger partial charge in [0.25, 0.3) is 11.8 Å². The molecule has 1 heterocycles. The lowest BCUT2D eigenvalue weighted by atomic mass is 9.90. The van der Waals surface area contributed by atoms with Crippen LogP contribution in [0.3, 0.4) is 0 Å². The van der Waals surface area contributed by atoms with Crippen LogP contribution >= 0.6 is 0 Å². The number of nitrogens with one attached hydrogen (secondary N) is 2. The number of hydrogen-bond acceptors (Lipinski definition) is 11. The third kappa shape index (κ3) is 13.2. The summed E-state index contributed by atoms with van der Waals surface area (Å²) in [6, 6.07) is 19.0. The van der Waals surface area contributed by atoms with Gasteiger partial charge in [-0.15, -0.1) is 0 Å². The zero-order valence-corrected chi connectivity index (χ0v) is 33.7. The van der Waals surface area contributed by atoms with Crippen LogP contribution in [-0.2, 0) is 46.5 Å². The largest absolute Gasteiger partial charge is 0.494 e. The first kappa shape index (κ1) is 46.1. The van der Waals surface area contributed by atoms with Crippen molar-refractivity contribution in [1.82, 2.24) is 20.6 Å². The van der Waals surface area contributed by atoms with E-state index in [4.69, 9.17) is 14.0 Å². The fourth-order valence-electron chi connectivity index (χ4n) is 6.29. The van der Waals surface area contributed by atoms with Crippen molar-refractivity contribution in [2.45, 2.75) is 52.2 Å². The predicted molar refractivity (Wildman–Crippen MR) is 212 cm³/mol. The van der Waals surface area contributed by atoms with Crippen LogP contribution < -0.4 is 15.4 Å². The number of hydrogen-bond donors (Lipinski definition) is 2. The summed E-state index contributed by atoms with van der Waals surface area (Å²) >= 11 is 0. The minimum atomic E-state index is -0.864. The predicted octanol–water partition coefficient (Wildman–Crippen LogP) is 5.22. The molecular weight excluding hydrogens is 786 g/mol. The number of rotatable bonds is 23. The van der Waals surface area contributed by atoms with E-state index in [2.05, 4.69) is 20.1 Å². The number of esters is 2. The van der Waals surface area contributed by atoms with Crippen LogP contribution in [0.2, 0.25) is 0 Å². The van der Waals surface area contributed by atoms with Gasteiger partial charge in [-0.05, 0) is 80.1 Å². The van der Waals surface area contributed by atoms with E-state index in [0.717, 1.165) is 41.9 Å². The first-order chi connectivity index (χ1) is 28.9. The lowest BCUT2D eigenvalue weighted by molar-refractivity contribution is -0.200. The maximum absolute atomic E-state index is 14.4.